The quantitative estimate of drug-likeness (QED) is 0.0698. The molecule has 1 aromatic carbocycles. The van der Waals surface area contributed by atoms with Crippen molar-refractivity contribution in [1.29, 1.82) is 0 Å². The van der Waals surface area contributed by atoms with Crippen LogP contribution in [0.15, 0.2) is 42.0 Å². The lowest BCUT2D eigenvalue weighted by Gasteiger charge is -2.58. The lowest BCUT2D eigenvalue weighted by molar-refractivity contribution is -0.757. The minimum Gasteiger partial charge on any atom is -0.493 e. The Kier molecular flexibility index (Phi) is 15.1. The van der Waals surface area contributed by atoms with E-state index in [0.29, 0.717) is 25.7 Å². The van der Waals surface area contributed by atoms with Crippen LogP contribution >= 0.6 is 0 Å². The first kappa shape index (κ1) is 44.1. The van der Waals surface area contributed by atoms with E-state index >= 15 is 0 Å². The molecule has 57 heavy (non-hydrogen) atoms. The normalized spacial score (nSPS) is 26.8. The zero-order valence-corrected chi connectivity index (χ0v) is 32.0. The summed E-state index contributed by atoms with van der Waals surface area (Å²) in [7, 11) is 1.33. The average molecular weight is 805 g/mol. The molecule has 3 fully saturated rings. The van der Waals surface area contributed by atoms with Crippen molar-refractivity contribution in [2.75, 3.05) is 33.5 Å². The Hall–Kier alpha value is -5.59. The van der Waals surface area contributed by atoms with Gasteiger partial charge in [-0.2, -0.15) is 0 Å². The molecule has 19 nitrogen and oxygen atoms in total. The van der Waals surface area contributed by atoms with Gasteiger partial charge >= 0.3 is 18.1 Å². The molecule has 312 valence electrons. The highest BCUT2D eigenvalue weighted by atomic mass is 17.0. The van der Waals surface area contributed by atoms with Crippen LogP contribution in [0.2, 0.25) is 0 Å². The molecule has 1 aromatic rings. The fourth-order valence-corrected chi connectivity index (χ4v) is 9.04. The summed E-state index contributed by atoms with van der Waals surface area (Å²) in [5.41, 5.74) is 0.373. The number of ketones is 2. The molecule has 0 saturated heterocycles. The van der Waals surface area contributed by atoms with Gasteiger partial charge in [-0.1, -0.05) is 25.5 Å². The van der Waals surface area contributed by atoms with E-state index in [9.17, 15) is 49.3 Å². The molecule has 7 atom stereocenters. The number of allylic oxidation sites excluding steroid dienone is 4. The summed E-state index contributed by atoms with van der Waals surface area (Å²) in [5.74, 6) is -1.83. The van der Waals surface area contributed by atoms with Crippen LogP contribution in [0.3, 0.4) is 0 Å². The number of benzene rings is 1. The highest BCUT2D eigenvalue weighted by Crippen LogP contribution is 2.66. The largest absolute Gasteiger partial charge is 0.514 e. The molecule has 4 aliphatic carbocycles. The van der Waals surface area contributed by atoms with Crippen LogP contribution in [0.5, 0.6) is 11.5 Å². The van der Waals surface area contributed by atoms with Gasteiger partial charge in [-0.3, -0.25) is 14.4 Å². The molecule has 0 aliphatic heterocycles. The van der Waals surface area contributed by atoms with E-state index in [0.717, 1.165) is 24.8 Å². The molecule has 4 aliphatic rings. The van der Waals surface area contributed by atoms with Crippen LogP contribution in [0, 0.1) is 54.7 Å². The predicted octanol–water partition coefficient (Wildman–Crippen LogP) is 4.88. The van der Waals surface area contributed by atoms with Gasteiger partial charge in [-0.15, -0.1) is 20.2 Å². The zero-order chi connectivity index (χ0) is 41.9. The molecule has 19 heteroatoms. The van der Waals surface area contributed by atoms with Gasteiger partial charge in [0.1, 0.15) is 0 Å². The maximum Gasteiger partial charge on any atom is 0.514 e. The molecule has 3 saturated carbocycles. The van der Waals surface area contributed by atoms with Gasteiger partial charge in [0.05, 0.1) is 38.6 Å². The molecule has 0 amide bonds. The number of hydrogen-bond donors (Lipinski definition) is 2. The van der Waals surface area contributed by atoms with Gasteiger partial charge < -0.3 is 38.8 Å². The Morgan fingerprint density at radius 3 is 2.28 bits per heavy atom. The SMILES string of the molecule is COc1cc(C(=O)OCCCCO[N+](=O)[O-])ccc1OC(=O)OCC(=O)C1CCC2C3CCC4=CC(=O)C=CC4(C)C3C(O)CC12C.O=C(O)CCCO[N+](=O)[O-]. The third kappa shape index (κ3) is 11.0. The summed E-state index contributed by atoms with van der Waals surface area (Å²) in [6, 6.07) is 4.05. The number of esters is 1. The molecular weight excluding hydrogens is 756 g/mol. The molecular formula is C38H48N2O17. The molecule has 7 unspecified atom stereocenters. The Balaban J connectivity index is 0.000000635. The third-order valence-electron chi connectivity index (χ3n) is 11.5. The predicted molar refractivity (Wildman–Crippen MR) is 194 cm³/mol. The Bertz CT molecular complexity index is 1740. The van der Waals surface area contributed by atoms with Crippen molar-refractivity contribution in [3.63, 3.8) is 0 Å². The summed E-state index contributed by atoms with van der Waals surface area (Å²) >= 11 is 0. The number of carbonyl (C=O) groups excluding carboxylic acids is 4. The number of carboxylic acids is 1. The number of aliphatic hydroxyl groups excluding tert-OH is 1. The minimum absolute atomic E-state index is 0.0134. The van der Waals surface area contributed by atoms with Crippen LogP contribution in [0.4, 0.5) is 4.79 Å². The van der Waals surface area contributed by atoms with E-state index in [2.05, 4.69) is 23.5 Å². The summed E-state index contributed by atoms with van der Waals surface area (Å²) in [6.07, 6.45) is 7.86. The number of carbonyl (C=O) groups is 5. The first-order valence-corrected chi connectivity index (χ1v) is 18.6. The lowest BCUT2D eigenvalue weighted by Crippen LogP contribution is -2.56. The summed E-state index contributed by atoms with van der Waals surface area (Å²) in [4.78, 5) is 88.1. The molecule has 0 radical (unpaired) electrons. The number of fused-ring (bicyclic) bond motifs is 5. The van der Waals surface area contributed by atoms with Gasteiger partial charge in [0.15, 0.2) is 29.7 Å². The van der Waals surface area contributed by atoms with Crippen molar-refractivity contribution in [3.05, 3.63) is 67.8 Å². The fourth-order valence-electron chi connectivity index (χ4n) is 9.04. The number of rotatable bonds is 17. The maximum absolute atomic E-state index is 13.5. The Morgan fingerprint density at radius 1 is 0.930 bits per heavy atom. The van der Waals surface area contributed by atoms with Crippen molar-refractivity contribution < 1.29 is 73.0 Å². The molecule has 5 rings (SSSR count). The number of ether oxygens (including phenoxy) is 4. The van der Waals surface area contributed by atoms with E-state index in [1.807, 2.05) is 6.08 Å². The van der Waals surface area contributed by atoms with E-state index in [1.165, 1.54) is 25.3 Å². The summed E-state index contributed by atoms with van der Waals surface area (Å²) in [5, 5.41) is 37.4. The van der Waals surface area contributed by atoms with Crippen LogP contribution in [-0.2, 0) is 33.5 Å². The Morgan fingerprint density at radius 2 is 1.61 bits per heavy atom. The summed E-state index contributed by atoms with van der Waals surface area (Å²) in [6.45, 7) is 3.47. The Labute approximate surface area is 327 Å². The van der Waals surface area contributed by atoms with Crippen LogP contribution in [0.25, 0.3) is 0 Å². The highest BCUT2D eigenvalue weighted by Gasteiger charge is 2.62. The second-order valence-corrected chi connectivity index (χ2v) is 14.9. The molecule has 0 spiro atoms. The standard InChI is InChI=1S/C34H41NO12.C4H7NO5/c1-33-13-12-22(36)17-21(33)7-8-23-24-9-10-25(34(24,2)18-26(37)30(23)33)27(38)19-45-32(40)47-28-11-6-20(16-29(28)43-3)31(39)44-14-4-5-15-46-35(41)42;6-4(7)2-1-3-10-5(8)9/h6,11-13,16-17,23-26,30,37H,4-5,7-10,14-15,18-19H2,1-3H3;1-3H2,(H,6,7). The van der Waals surface area contributed by atoms with Gasteiger partial charge in [0, 0.05) is 23.7 Å². The van der Waals surface area contributed by atoms with E-state index < -0.39 is 46.4 Å². The number of carboxylic acid groups (broad SMARTS) is 1. The summed E-state index contributed by atoms with van der Waals surface area (Å²) < 4.78 is 20.9. The topological polar surface area (TPSA) is 267 Å². The second-order valence-electron chi connectivity index (χ2n) is 14.9. The molecule has 2 N–H and O–H groups in total. The van der Waals surface area contributed by atoms with Crippen LogP contribution < -0.4 is 9.47 Å². The smallest absolute Gasteiger partial charge is 0.493 e. The average Bonchev–Trinajstić information content (AvgIpc) is 3.50. The molecule has 0 bridgehead atoms. The second kappa shape index (κ2) is 19.5. The number of Topliss-reactive ketones (excluding diaryl/α,β-unsaturated/α-hetero) is 1. The van der Waals surface area contributed by atoms with Crippen molar-refractivity contribution >= 4 is 29.7 Å². The van der Waals surface area contributed by atoms with Gasteiger partial charge in [0.2, 0.25) is 0 Å². The molecule has 0 aromatic heterocycles. The van der Waals surface area contributed by atoms with Crippen molar-refractivity contribution in [3.8, 4) is 11.5 Å². The van der Waals surface area contributed by atoms with Gasteiger partial charge in [0.25, 0.3) is 10.2 Å². The number of aliphatic hydroxyl groups is 1. The minimum atomic E-state index is -1.11. The van der Waals surface area contributed by atoms with Crippen molar-refractivity contribution in [2.45, 2.75) is 77.7 Å². The van der Waals surface area contributed by atoms with Gasteiger partial charge in [-0.25, -0.2) is 9.59 Å². The zero-order valence-electron chi connectivity index (χ0n) is 32.0. The first-order chi connectivity index (χ1) is 27.0. The number of hydrogen-bond acceptors (Lipinski definition) is 16. The number of unbranched alkanes of at least 4 members (excludes halogenated alkanes) is 1. The number of methoxy groups -OCH3 is 1. The lowest BCUT2D eigenvalue weighted by atomic mass is 9.46. The van der Waals surface area contributed by atoms with Gasteiger partial charge in [-0.05, 0) is 99.0 Å². The maximum atomic E-state index is 13.5. The van der Waals surface area contributed by atoms with Crippen LogP contribution in [-0.4, -0.2) is 89.7 Å². The number of nitrogens with zero attached hydrogens (tertiary/aromatic N) is 2. The molecule has 0 heterocycles. The highest BCUT2D eigenvalue weighted by molar-refractivity contribution is 6.01. The first-order valence-electron chi connectivity index (χ1n) is 18.6. The van der Waals surface area contributed by atoms with E-state index in [-0.39, 0.29) is 90.4 Å². The van der Waals surface area contributed by atoms with E-state index in [4.69, 9.17) is 24.1 Å². The fraction of sp³-hybridized carbons (Fsp3) is 0.605. The number of aliphatic carboxylic acids is 1. The van der Waals surface area contributed by atoms with E-state index in [1.54, 1.807) is 12.2 Å². The van der Waals surface area contributed by atoms with Crippen molar-refractivity contribution in [2.24, 2.45) is 34.5 Å². The van der Waals surface area contributed by atoms with Crippen LogP contribution in [0.1, 0.15) is 82.0 Å². The van der Waals surface area contributed by atoms with Crippen molar-refractivity contribution in [1.82, 2.24) is 0 Å². The monoisotopic (exact) mass is 804 g/mol. The third-order valence-corrected chi connectivity index (χ3v) is 11.5.